The van der Waals surface area contributed by atoms with Gasteiger partial charge < -0.3 is 15.5 Å². The Morgan fingerprint density at radius 2 is 2.36 bits per heavy atom. The smallest absolute Gasteiger partial charge is 0.242 e. The van der Waals surface area contributed by atoms with Gasteiger partial charge in [-0.2, -0.15) is 5.26 Å². The molecule has 1 aromatic heterocycles. The van der Waals surface area contributed by atoms with Crippen molar-refractivity contribution in [3.05, 3.63) is 23.9 Å². The number of nitrogens with zero attached hydrogens (tertiary/aromatic N) is 3. The molecule has 0 unspecified atom stereocenters. The fraction of sp³-hybridized carbons (Fsp3) is 0.467. The summed E-state index contributed by atoms with van der Waals surface area (Å²) in [6, 6.07) is 4.87. The predicted molar refractivity (Wildman–Crippen MR) is 81.0 cm³/mol. The topological polar surface area (TPSA) is 98.1 Å². The zero-order chi connectivity index (χ0) is 15.9. The van der Waals surface area contributed by atoms with Crippen LogP contribution < -0.4 is 15.5 Å². The van der Waals surface area contributed by atoms with Crippen LogP contribution in [0.15, 0.2) is 18.3 Å². The Morgan fingerprint density at radius 1 is 1.55 bits per heavy atom. The van der Waals surface area contributed by atoms with Crippen molar-refractivity contribution in [2.75, 3.05) is 25.0 Å². The molecule has 2 heterocycles. The SMILES string of the molecule is CN(CC(=O)N[C@H]1CCCCNC1=O)c1ccc(C#N)cn1. The van der Waals surface area contributed by atoms with Crippen molar-refractivity contribution in [2.45, 2.75) is 25.3 Å². The third-order valence-corrected chi connectivity index (χ3v) is 3.52. The summed E-state index contributed by atoms with van der Waals surface area (Å²) in [5.41, 5.74) is 0.469. The van der Waals surface area contributed by atoms with Gasteiger partial charge in [0.25, 0.3) is 0 Å². The Kier molecular flexibility index (Phi) is 5.31. The summed E-state index contributed by atoms with van der Waals surface area (Å²) < 4.78 is 0. The van der Waals surface area contributed by atoms with Crippen molar-refractivity contribution < 1.29 is 9.59 Å². The summed E-state index contributed by atoms with van der Waals surface area (Å²) in [6.45, 7) is 0.767. The number of amides is 2. The van der Waals surface area contributed by atoms with Crippen LogP contribution in [-0.2, 0) is 9.59 Å². The monoisotopic (exact) mass is 301 g/mol. The number of pyridine rings is 1. The van der Waals surface area contributed by atoms with Crippen LogP contribution in [0.1, 0.15) is 24.8 Å². The lowest BCUT2D eigenvalue weighted by molar-refractivity contribution is -0.128. The number of aromatic nitrogens is 1. The maximum Gasteiger partial charge on any atom is 0.242 e. The molecule has 0 aliphatic carbocycles. The fourth-order valence-electron chi connectivity index (χ4n) is 2.29. The van der Waals surface area contributed by atoms with Gasteiger partial charge in [-0.15, -0.1) is 0 Å². The van der Waals surface area contributed by atoms with E-state index in [0.29, 0.717) is 24.3 Å². The van der Waals surface area contributed by atoms with Crippen molar-refractivity contribution in [3.63, 3.8) is 0 Å². The Morgan fingerprint density at radius 3 is 3.05 bits per heavy atom. The van der Waals surface area contributed by atoms with Gasteiger partial charge in [0.1, 0.15) is 17.9 Å². The number of anilines is 1. The molecule has 2 rings (SSSR count). The fourth-order valence-corrected chi connectivity index (χ4v) is 2.29. The largest absolute Gasteiger partial charge is 0.354 e. The maximum atomic E-state index is 12.1. The van der Waals surface area contributed by atoms with Gasteiger partial charge in [0.15, 0.2) is 0 Å². The van der Waals surface area contributed by atoms with E-state index in [1.807, 2.05) is 6.07 Å². The molecule has 1 atom stereocenters. The summed E-state index contributed by atoms with van der Waals surface area (Å²) in [5, 5.41) is 14.3. The summed E-state index contributed by atoms with van der Waals surface area (Å²) in [5.74, 6) is 0.250. The molecule has 1 aliphatic rings. The van der Waals surface area contributed by atoms with Crippen molar-refractivity contribution >= 4 is 17.6 Å². The van der Waals surface area contributed by atoms with E-state index in [9.17, 15) is 9.59 Å². The Labute approximate surface area is 129 Å². The molecule has 116 valence electrons. The van der Waals surface area contributed by atoms with Crippen molar-refractivity contribution in [1.82, 2.24) is 15.6 Å². The van der Waals surface area contributed by atoms with Crippen LogP contribution in [0, 0.1) is 11.3 Å². The van der Waals surface area contributed by atoms with Gasteiger partial charge in [0.2, 0.25) is 11.8 Å². The van der Waals surface area contributed by atoms with E-state index >= 15 is 0 Å². The first kappa shape index (κ1) is 15.8. The summed E-state index contributed by atoms with van der Waals surface area (Å²) in [4.78, 5) is 29.7. The molecule has 0 bridgehead atoms. The molecule has 2 N–H and O–H groups in total. The molecule has 1 aliphatic heterocycles. The lowest BCUT2D eigenvalue weighted by atomic mass is 10.1. The van der Waals surface area contributed by atoms with E-state index in [1.54, 1.807) is 24.1 Å². The number of carbonyl (C=O) groups excluding carboxylic acids is 2. The van der Waals surface area contributed by atoms with Crippen molar-refractivity contribution in [2.24, 2.45) is 0 Å². The minimum absolute atomic E-state index is 0.0999. The highest BCUT2D eigenvalue weighted by atomic mass is 16.2. The molecule has 0 radical (unpaired) electrons. The number of likely N-dealkylation sites (N-methyl/N-ethyl adjacent to an activating group) is 1. The number of carbonyl (C=O) groups is 2. The number of hydrogen-bond donors (Lipinski definition) is 2. The van der Waals surface area contributed by atoms with Crippen LogP contribution in [0.2, 0.25) is 0 Å². The van der Waals surface area contributed by atoms with Gasteiger partial charge in [0, 0.05) is 19.8 Å². The van der Waals surface area contributed by atoms with E-state index in [2.05, 4.69) is 15.6 Å². The van der Waals surface area contributed by atoms with Gasteiger partial charge in [-0.05, 0) is 31.4 Å². The van der Waals surface area contributed by atoms with Gasteiger partial charge >= 0.3 is 0 Å². The molecular weight excluding hydrogens is 282 g/mol. The molecule has 1 saturated heterocycles. The lowest BCUT2D eigenvalue weighted by Crippen LogP contribution is -2.48. The predicted octanol–water partition coefficient (Wildman–Crippen LogP) is 0.174. The zero-order valence-electron chi connectivity index (χ0n) is 12.5. The Balaban J connectivity index is 1.90. The van der Waals surface area contributed by atoms with Gasteiger partial charge in [0.05, 0.1) is 12.1 Å². The summed E-state index contributed by atoms with van der Waals surface area (Å²) >= 11 is 0. The number of hydrogen-bond acceptors (Lipinski definition) is 5. The second kappa shape index (κ2) is 7.41. The van der Waals surface area contributed by atoms with E-state index in [-0.39, 0.29) is 18.4 Å². The molecule has 7 nitrogen and oxygen atoms in total. The van der Waals surface area contributed by atoms with Crippen LogP contribution in [0.3, 0.4) is 0 Å². The lowest BCUT2D eigenvalue weighted by Gasteiger charge is -2.20. The van der Waals surface area contributed by atoms with E-state index in [4.69, 9.17) is 5.26 Å². The minimum Gasteiger partial charge on any atom is -0.354 e. The van der Waals surface area contributed by atoms with Crippen LogP contribution in [-0.4, -0.2) is 43.0 Å². The van der Waals surface area contributed by atoms with E-state index in [1.165, 1.54) is 6.20 Å². The van der Waals surface area contributed by atoms with E-state index < -0.39 is 6.04 Å². The van der Waals surface area contributed by atoms with Gasteiger partial charge in [-0.1, -0.05) is 0 Å². The molecule has 1 fully saturated rings. The van der Waals surface area contributed by atoms with Crippen LogP contribution in [0.25, 0.3) is 0 Å². The first-order chi connectivity index (χ1) is 10.6. The van der Waals surface area contributed by atoms with Gasteiger partial charge in [-0.3, -0.25) is 9.59 Å². The first-order valence-electron chi connectivity index (χ1n) is 7.24. The second-order valence-electron chi connectivity index (χ2n) is 5.28. The molecule has 2 amide bonds. The zero-order valence-corrected chi connectivity index (χ0v) is 12.5. The normalized spacial score (nSPS) is 17.8. The third-order valence-electron chi connectivity index (χ3n) is 3.52. The van der Waals surface area contributed by atoms with Crippen molar-refractivity contribution in [3.8, 4) is 6.07 Å². The molecule has 0 spiro atoms. The summed E-state index contributed by atoms with van der Waals surface area (Å²) in [7, 11) is 1.74. The molecule has 0 aromatic carbocycles. The molecule has 0 saturated carbocycles. The molecule has 7 heteroatoms. The second-order valence-corrected chi connectivity index (χ2v) is 5.28. The van der Waals surface area contributed by atoms with E-state index in [0.717, 1.165) is 12.8 Å². The number of nitrogens with one attached hydrogen (secondary N) is 2. The number of nitriles is 1. The average Bonchev–Trinajstić information content (AvgIpc) is 2.72. The standard InChI is InChI=1S/C15H19N5O2/c1-20(13-6-5-11(8-16)9-18-13)10-14(21)19-12-4-2-3-7-17-15(12)22/h5-6,9,12H,2-4,7,10H2,1H3,(H,17,22)(H,19,21)/t12-/m0/s1. The highest BCUT2D eigenvalue weighted by Gasteiger charge is 2.22. The Bertz CT molecular complexity index is 579. The maximum absolute atomic E-state index is 12.1. The van der Waals surface area contributed by atoms with Crippen LogP contribution in [0.5, 0.6) is 0 Å². The summed E-state index contributed by atoms with van der Waals surface area (Å²) in [6.07, 6.45) is 3.97. The minimum atomic E-state index is -0.461. The number of rotatable bonds is 4. The average molecular weight is 301 g/mol. The molecule has 22 heavy (non-hydrogen) atoms. The Hall–Kier alpha value is -2.62. The highest BCUT2D eigenvalue weighted by molar-refractivity contribution is 5.89. The van der Waals surface area contributed by atoms with Crippen molar-refractivity contribution in [1.29, 1.82) is 5.26 Å². The highest BCUT2D eigenvalue weighted by Crippen LogP contribution is 2.09. The first-order valence-corrected chi connectivity index (χ1v) is 7.24. The quantitative estimate of drug-likeness (QED) is 0.826. The van der Waals surface area contributed by atoms with Crippen LogP contribution in [0.4, 0.5) is 5.82 Å². The molecule has 1 aromatic rings. The van der Waals surface area contributed by atoms with Gasteiger partial charge in [-0.25, -0.2) is 4.98 Å². The van der Waals surface area contributed by atoms with Crippen LogP contribution >= 0.6 is 0 Å². The molecular formula is C15H19N5O2. The third kappa shape index (κ3) is 4.19.